The molecule has 0 spiro atoms. The smallest absolute Gasteiger partial charge is 0.335 e. The average Bonchev–Trinajstić information content (AvgIpc) is 2.77. The molecule has 0 aliphatic heterocycles. The van der Waals surface area contributed by atoms with Crippen LogP contribution in [0.2, 0.25) is 0 Å². The van der Waals surface area contributed by atoms with Crippen LogP contribution in [-0.4, -0.2) is 54.3 Å². The Morgan fingerprint density at radius 2 is 1.21 bits per heavy atom. The highest BCUT2D eigenvalue weighted by atomic mass is 16.8. The van der Waals surface area contributed by atoms with Crippen LogP contribution in [0.15, 0.2) is 42.5 Å². The zero-order chi connectivity index (χ0) is 24.9. The van der Waals surface area contributed by atoms with Crippen LogP contribution in [0.5, 0.6) is 11.5 Å². The van der Waals surface area contributed by atoms with Gasteiger partial charge in [0.05, 0.1) is 39.1 Å². The zero-order valence-corrected chi connectivity index (χ0v) is 16.8. The third-order valence-corrected chi connectivity index (χ3v) is 5.17. The lowest BCUT2D eigenvalue weighted by molar-refractivity contribution is 0.0285. The average molecular weight is 466 g/mol. The monoisotopic (exact) mass is 466 g/mol. The maximum Gasteiger partial charge on any atom is 0.335 e. The van der Waals surface area contributed by atoms with Crippen LogP contribution in [0, 0.1) is 0 Å². The van der Waals surface area contributed by atoms with Gasteiger partial charge >= 0.3 is 11.9 Å². The number of fused-ring (bicyclic) bond motifs is 2. The minimum Gasteiger partial charge on any atom is -0.507 e. The van der Waals surface area contributed by atoms with E-state index in [0.29, 0.717) is 0 Å². The maximum absolute atomic E-state index is 13.4. The Morgan fingerprint density at radius 1 is 0.706 bits per heavy atom. The predicted octanol–water partition coefficient (Wildman–Crippen LogP) is 2.60. The summed E-state index contributed by atoms with van der Waals surface area (Å²) in [7, 11) is 0. The van der Waals surface area contributed by atoms with Crippen LogP contribution in [0.4, 0.5) is 17.1 Å². The van der Waals surface area contributed by atoms with Crippen LogP contribution in [-0.2, 0) is 0 Å². The van der Waals surface area contributed by atoms with Crippen molar-refractivity contribution in [1.82, 2.24) is 0 Å². The van der Waals surface area contributed by atoms with Crippen molar-refractivity contribution >= 4 is 40.6 Å². The number of phenolic OH excluding ortho intramolecular Hbond substituents is 2. The van der Waals surface area contributed by atoms with Crippen molar-refractivity contribution in [1.29, 1.82) is 0 Å². The van der Waals surface area contributed by atoms with Gasteiger partial charge in [0.15, 0.2) is 5.78 Å². The molecule has 0 bridgehead atoms. The molecule has 0 heterocycles. The second kappa shape index (κ2) is 7.88. The Labute approximate surface area is 189 Å². The number of carbonyl (C=O) groups is 4. The van der Waals surface area contributed by atoms with E-state index in [1.807, 2.05) is 0 Å². The number of hydrogen-bond donors (Lipinski definition) is 7. The summed E-state index contributed by atoms with van der Waals surface area (Å²) < 4.78 is 0. The molecule has 12 nitrogen and oxygen atoms in total. The fourth-order valence-corrected chi connectivity index (χ4v) is 3.72. The van der Waals surface area contributed by atoms with Crippen molar-refractivity contribution < 1.29 is 50.0 Å². The van der Waals surface area contributed by atoms with E-state index >= 15 is 0 Å². The second-order valence-corrected chi connectivity index (χ2v) is 7.22. The number of nitrogens with zero attached hydrogens (tertiary/aromatic N) is 1. The van der Waals surface area contributed by atoms with Crippen molar-refractivity contribution in [2.75, 3.05) is 10.5 Å². The molecule has 3 aromatic rings. The Bertz CT molecular complexity index is 1400. The van der Waals surface area contributed by atoms with Crippen molar-refractivity contribution in [3.8, 4) is 11.5 Å². The molecular formula is C22H14N2O10. The summed E-state index contributed by atoms with van der Waals surface area (Å²) in [5.41, 5.74) is -3.46. The van der Waals surface area contributed by atoms with Crippen molar-refractivity contribution in [3.63, 3.8) is 0 Å². The number of rotatable bonds is 5. The lowest BCUT2D eigenvalue weighted by Gasteiger charge is -2.25. The number of benzene rings is 3. The molecule has 4 rings (SSSR count). The summed E-state index contributed by atoms with van der Waals surface area (Å²) in [5, 5.41) is 60.4. The molecule has 0 unspecified atom stereocenters. The minimum absolute atomic E-state index is 0.0571. The molecule has 0 amide bonds. The summed E-state index contributed by atoms with van der Waals surface area (Å²) in [5.74, 6) is -6.03. The van der Waals surface area contributed by atoms with E-state index in [9.17, 15) is 50.0 Å². The molecule has 0 atom stereocenters. The molecule has 3 aromatic carbocycles. The number of carbonyl (C=O) groups excluding carboxylic acids is 2. The van der Waals surface area contributed by atoms with E-state index < -0.39 is 68.2 Å². The lowest BCUT2D eigenvalue weighted by atomic mass is 9.81. The van der Waals surface area contributed by atoms with Gasteiger partial charge in [-0.2, -0.15) is 0 Å². The van der Waals surface area contributed by atoms with Crippen molar-refractivity contribution in [2.24, 2.45) is 0 Å². The van der Waals surface area contributed by atoms with E-state index in [0.717, 1.165) is 36.4 Å². The molecule has 0 saturated carbocycles. The molecule has 34 heavy (non-hydrogen) atoms. The quantitative estimate of drug-likeness (QED) is 0.167. The molecule has 12 heteroatoms. The molecule has 0 saturated heterocycles. The van der Waals surface area contributed by atoms with Gasteiger partial charge in [0, 0.05) is 5.69 Å². The SMILES string of the molecule is O=C(O)c1cc(Nc2ccc(O)c3c2C(=O)c2c(N(O)O)ccc(O)c2C3=O)cc(C(=O)O)c1. The number of carboxylic acid groups (broad SMARTS) is 2. The Morgan fingerprint density at radius 3 is 1.74 bits per heavy atom. The highest BCUT2D eigenvalue weighted by Crippen LogP contribution is 2.43. The first-order chi connectivity index (χ1) is 16.0. The second-order valence-electron chi connectivity index (χ2n) is 7.22. The summed E-state index contributed by atoms with van der Waals surface area (Å²) in [6, 6.07) is 7.33. The molecular weight excluding hydrogens is 452 g/mol. The van der Waals surface area contributed by atoms with E-state index in [4.69, 9.17) is 0 Å². The maximum atomic E-state index is 13.4. The number of aromatic hydroxyl groups is 2. The number of anilines is 3. The first-order valence-electron chi connectivity index (χ1n) is 9.39. The molecule has 7 N–H and O–H groups in total. The van der Waals surface area contributed by atoms with Gasteiger partial charge in [0.1, 0.15) is 17.2 Å². The number of nitrogens with one attached hydrogen (secondary N) is 1. The highest BCUT2D eigenvalue weighted by molar-refractivity contribution is 6.33. The van der Waals surface area contributed by atoms with Crippen molar-refractivity contribution in [3.05, 3.63) is 75.8 Å². The first-order valence-corrected chi connectivity index (χ1v) is 9.39. The van der Waals surface area contributed by atoms with Gasteiger partial charge in [-0.05, 0) is 42.5 Å². The van der Waals surface area contributed by atoms with E-state index in [1.54, 1.807) is 0 Å². The van der Waals surface area contributed by atoms with Crippen LogP contribution in [0.1, 0.15) is 52.6 Å². The fraction of sp³-hybridized carbons (Fsp3) is 0. The largest absolute Gasteiger partial charge is 0.507 e. The van der Waals surface area contributed by atoms with Gasteiger partial charge in [-0.25, -0.2) is 9.59 Å². The predicted molar refractivity (Wildman–Crippen MR) is 113 cm³/mol. The van der Waals surface area contributed by atoms with Gasteiger partial charge in [-0.3, -0.25) is 20.0 Å². The molecule has 1 aliphatic rings. The van der Waals surface area contributed by atoms with Crippen LogP contribution < -0.4 is 10.5 Å². The molecule has 0 radical (unpaired) electrons. The Balaban J connectivity index is 1.93. The van der Waals surface area contributed by atoms with Gasteiger partial charge in [-0.15, -0.1) is 5.23 Å². The van der Waals surface area contributed by atoms with Gasteiger partial charge < -0.3 is 25.7 Å². The lowest BCUT2D eigenvalue weighted by Crippen LogP contribution is -2.26. The van der Waals surface area contributed by atoms with Crippen LogP contribution in [0.25, 0.3) is 0 Å². The number of hydrogen-bond acceptors (Lipinski definition) is 10. The number of ketones is 2. The summed E-state index contributed by atoms with van der Waals surface area (Å²) in [6.45, 7) is 0. The van der Waals surface area contributed by atoms with Crippen LogP contribution >= 0.6 is 0 Å². The normalized spacial score (nSPS) is 12.1. The first kappa shape index (κ1) is 22.3. The topological polar surface area (TPSA) is 205 Å². The zero-order valence-electron chi connectivity index (χ0n) is 16.8. The van der Waals surface area contributed by atoms with Gasteiger partial charge in [-0.1, -0.05) is 0 Å². The fourth-order valence-electron chi connectivity index (χ4n) is 3.72. The number of carboxylic acids is 2. The molecule has 1 aliphatic carbocycles. The van der Waals surface area contributed by atoms with E-state index in [2.05, 4.69) is 5.32 Å². The summed E-state index contributed by atoms with van der Waals surface area (Å²) in [4.78, 5) is 49.3. The molecule has 0 fully saturated rings. The Kier molecular flexibility index (Phi) is 5.16. The van der Waals surface area contributed by atoms with Crippen molar-refractivity contribution in [2.45, 2.75) is 0 Å². The standard InChI is InChI=1S/C22H14N2O10/c25-13-3-1-11(23-10-6-8(21(29)30)5-9(7-10)22(31)32)15-17(13)20(28)18-14(26)4-2-12(24(33)34)16(18)19(15)27/h1-7,23,25-26,33-34H,(H,29,30)(H,31,32). The summed E-state index contributed by atoms with van der Waals surface area (Å²) >= 11 is 0. The third-order valence-electron chi connectivity index (χ3n) is 5.17. The minimum atomic E-state index is -1.41. The van der Waals surface area contributed by atoms with Gasteiger partial charge in [0.2, 0.25) is 5.78 Å². The number of phenols is 2. The third kappa shape index (κ3) is 3.44. The van der Waals surface area contributed by atoms with Crippen LogP contribution in [0.3, 0.4) is 0 Å². The highest BCUT2D eigenvalue weighted by Gasteiger charge is 2.39. The van der Waals surface area contributed by atoms with E-state index in [-0.39, 0.29) is 22.5 Å². The van der Waals surface area contributed by atoms with Gasteiger partial charge in [0.25, 0.3) is 0 Å². The Hall–Kier alpha value is -4.94. The summed E-state index contributed by atoms with van der Waals surface area (Å²) in [6.07, 6.45) is 0. The van der Waals surface area contributed by atoms with E-state index in [1.165, 1.54) is 6.07 Å². The molecule has 172 valence electrons. The number of aromatic carboxylic acids is 2. The molecule has 0 aromatic heterocycles.